The van der Waals surface area contributed by atoms with Gasteiger partial charge in [-0.3, -0.25) is 19.3 Å². The number of carbonyl (C=O) groups is 4. The second kappa shape index (κ2) is 7.52. The molecular formula is C23H29N3O4. The second-order valence-corrected chi connectivity index (χ2v) is 9.25. The molecule has 7 nitrogen and oxygen atoms in total. The molecule has 4 rings (SSSR count). The number of aryl methyl sites for hydroxylation is 3. The van der Waals surface area contributed by atoms with Crippen molar-refractivity contribution >= 4 is 29.4 Å². The largest absolute Gasteiger partial charge is 0.334 e. The van der Waals surface area contributed by atoms with E-state index in [1.165, 1.54) is 6.42 Å². The van der Waals surface area contributed by atoms with E-state index in [1.807, 2.05) is 39.8 Å². The molecule has 1 heterocycles. The van der Waals surface area contributed by atoms with E-state index in [4.69, 9.17) is 0 Å². The van der Waals surface area contributed by atoms with E-state index in [0.29, 0.717) is 17.5 Å². The molecule has 1 aromatic rings. The summed E-state index contributed by atoms with van der Waals surface area (Å²) in [6.45, 7) is 7.16. The number of rotatable bonds is 5. The molecule has 0 unspecified atom stereocenters. The molecule has 0 spiro atoms. The molecule has 30 heavy (non-hydrogen) atoms. The summed E-state index contributed by atoms with van der Waals surface area (Å²) in [7, 11) is 0. The molecular weight excluding hydrogens is 382 g/mol. The van der Waals surface area contributed by atoms with Gasteiger partial charge < -0.3 is 5.32 Å². The third-order valence-corrected chi connectivity index (χ3v) is 7.15. The second-order valence-electron chi connectivity index (χ2n) is 9.25. The maximum Gasteiger partial charge on any atom is 0.334 e. The Hall–Kier alpha value is -2.70. The number of fused-ring (bicyclic) bond motifs is 2. The van der Waals surface area contributed by atoms with Gasteiger partial charge in [0.05, 0.1) is 0 Å². The summed E-state index contributed by atoms with van der Waals surface area (Å²) in [6, 6.07) is 2.92. The Morgan fingerprint density at radius 1 is 1.07 bits per heavy atom. The standard InChI is InChI=1S/C23H29N3O4/c1-12-7-13(2)20(14(3)8-12)24-19(27)11-25-21(28)22(29)26(23(25)30)15(4)18-10-16-5-6-17(18)9-16/h7-8,15-18H,5-6,9-11H2,1-4H3,(H,24,27)/t15-,16+,17+,18-/m1/s1. The van der Waals surface area contributed by atoms with E-state index in [-0.39, 0.29) is 12.0 Å². The lowest BCUT2D eigenvalue weighted by atomic mass is 9.83. The number of nitrogens with zero attached hydrogens (tertiary/aromatic N) is 2. The van der Waals surface area contributed by atoms with Crippen LogP contribution in [0.1, 0.15) is 49.3 Å². The van der Waals surface area contributed by atoms with Crippen LogP contribution in [0.5, 0.6) is 0 Å². The van der Waals surface area contributed by atoms with Gasteiger partial charge in [0.1, 0.15) is 6.54 Å². The van der Waals surface area contributed by atoms with Crippen LogP contribution in [-0.2, 0) is 14.4 Å². The molecule has 1 aromatic carbocycles. The minimum atomic E-state index is -0.914. The highest BCUT2D eigenvalue weighted by Gasteiger charge is 2.52. The number of benzene rings is 1. The first-order valence-electron chi connectivity index (χ1n) is 10.7. The van der Waals surface area contributed by atoms with E-state index in [2.05, 4.69) is 5.32 Å². The van der Waals surface area contributed by atoms with Crippen LogP contribution in [0, 0.1) is 38.5 Å². The maximum absolute atomic E-state index is 12.9. The van der Waals surface area contributed by atoms with Crippen LogP contribution in [0.2, 0.25) is 0 Å². The maximum atomic E-state index is 12.9. The number of nitrogens with one attached hydrogen (secondary N) is 1. The molecule has 1 aliphatic heterocycles. The van der Waals surface area contributed by atoms with Crippen LogP contribution in [0.4, 0.5) is 10.5 Å². The summed E-state index contributed by atoms with van der Waals surface area (Å²) in [4.78, 5) is 52.5. The summed E-state index contributed by atoms with van der Waals surface area (Å²) in [5.74, 6) is -0.780. The lowest BCUT2D eigenvalue weighted by Crippen LogP contribution is -2.45. The van der Waals surface area contributed by atoms with Crippen molar-refractivity contribution in [2.45, 2.75) is 59.4 Å². The SMILES string of the molecule is Cc1cc(C)c(NC(=O)CN2C(=O)C(=O)N([C@H](C)[C@H]3C[C@H]4CC[C@H]3C4)C2=O)c(C)c1. The zero-order valence-corrected chi connectivity index (χ0v) is 18.0. The van der Waals surface area contributed by atoms with Crippen LogP contribution in [-0.4, -0.2) is 46.1 Å². The van der Waals surface area contributed by atoms with Gasteiger partial charge in [-0.2, -0.15) is 0 Å². The Balaban J connectivity index is 1.46. The predicted octanol–water partition coefficient (Wildman–Crippen LogP) is 3.17. The molecule has 2 saturated carbocycles. The predicted molar refractivity (Wildman–Crippen MR) is 112 cm³/mol. The number of imide groups is 2. The smallest absolute Gasteiger partial charge is 0.324 e. The Kier molecular flexibility index (Phi) is 5.16. The number of hydrogen-bond donors (Lipinski definition) is 1. The number of hydrogen-bond acceptors (Lipinski definition) is 4. The van der Waals surface area contributed by atoms with Gasteiger partial charge >= 0.3 is 17.8 Å². The lowest BCUT2D eigenvalue weighted by Gasteiger charge is -2.32. The first-order valence-corrected chi connectivity index (χ1v) is 10.7. The molecule has 2 bridgehead atoms. The van der Waals surface area contributed by atoms with Crippen LogP contribution in [0.25, 0.3) is 0 Å². The average Bonchev–Trinajstić information content (AvgIpc) is 3.36. The summed E-state index contributed by atoms with van der Waals surface area (Å²) >= 11 is 0. The van der Waals surface area contributed by atoms with Gasteiger partial charge in [-0.05, 0) is 75.8 Å². The minimum absolute atomic E-state index is 0.246. The Labute approximate surface area is 176 Å². The molecule has 4 atom stereocenters. The fraction of sp³-hybridized carbons (Fsp3) is 0.565. The quantitative estimate of drug-likeness (QED) is 0.596. The van der Waals surface area contributed by atoms with Crippen molar-refractivity contribution in [3.8, 4) is 0 Å². The van der Waals surface area contributed by atoms with Gasteiger partial charge in [0.2, 0.25) is 5.91 Å². The molecule has 2 aliphatic carbocycles. The Morgan fingerprint density at radius 3 is 2.30 bits per heavy atom. The van der Waals surface area contributed by atoms with Gasteiger partial charge in [-0.25, -0.2) is 9.69 Å². The fourth-order valence-corrected chi connectivity index (χ4v) is 5.80. The summed E-state index contributed by atoms with van der Waals surface area (Å²) in [6.07, 6.45) is 4.51. The first-order chi connectivity index (χ1) is 14.2. The topological polar surface area (TPSA) is 86.8 Å². The highest BCUT2D eigenvalue weighted by Crippen LogP contribution is 2.50. The van der Waals surface area contributed by atoms with Gasteiger partial charge in [0.15, 0.2) is 0 Å². The third-order valence-electron chi connectivity index (χ3n) is 7.15. The average molecular weight is 412 g/mol. The number of carbonyl (C=O) groups excluding carboxylic acids is 4. The third kappa shape index (κ3) is 3.40. The molecule has 1 saturated heterocycles. The number of anilines is 1. The fourth-order valence-electron chi connectivity index (χ4n) is 5.80. The first kappa shape index (κ1) is 20.6. The Morgan fingerprint density at radius 2 is 1.73 bits per heavy atom. The van der Waals surface area contributed by atoms with Crippen LogP contribution >= 0.6 is 0 Å². The van der Waals surface area contributed by atoms with Crippen molar-refractivity contribution in [3.63, 3.8) is 0 Å². The van der Waals surface area contributed by atoms with Crippen molar-refractivity contribution in [1.29, 1.82) is 0 Å². The molecule has 1 N–H and O–H groups in total. The van der Waals surface area contributed by atoms with E-state index in [1.54, 1.807) is 0 Å². The minimum Gasteiger partial charge on any atom is -0.324 e. The van der Waals surface area contributed by atoms with E-state index < -0.39 is 30.3 Å². The zero-order chi connectivity index (χ0) is 21.7. The zero-order valence-electron chi connectivity index (χ0n) is 18.0. The van der Waals surface area contributed by atoms with Gasteiger partial charge in [0.25, 0.3) is 0 Å². The summed E-state index contributed by atoms with van der Waals surface area (Å²) in [5, 5.41) is 2.79. The molecule has 0 radical (unpaired) electrons. The van der Waals surface area contributed by atoms with Crippen molar-refractivity contribution in [2.75, 3.05) is 11.9 Å². The highest BCUT2D eigenvalue weighted by molar-refractivity contribution is 6.45. The van der Waals surface area contributed by atoms with E-state index >= 15 is 0 Å². The molecule has 3 aliphatic rings. The van der Waals surface area contributed by atoms with Crippen molar-refractivity contribution in [1.82, 2.24) is 9.80 Å². The molecule has 7 heteroatoms. The molecule has 3 fully saturated rings. The lowest BCUT2D eigenvalue weighted by molar-refractivity contribution is -0.144. The Bertz CT molecular complexity index is 917. The summed E-state index contributed by atoms with van der Waals surface area (Å²) < 4.78 is 0. The van der Waals surface area contributed by atoms with Crippen molar-refractivity contribution in [3.05, 3.63) is 28.8 Å². The van der Waals surface area contributed by atoms with Crippen LogP contribution < -0.4 is 5.32 Å². The van der Waals surface area contributed by atoms with E-state index in [0.717, 1.165) is 45.8 Å². The van der Waals surface area contributed by atoms with Gasteiger partial charge in [0, 0.05) is 11.7 Å². The van der Waals surface area contributed by atoms with Crippen LogP contribution in [0.3, 0.4) is 0 Å². The summed E-state index contributed by atoms with van der Waals surface area (Å²) in [5.41, 5.74) is 3.57. The number of urea groups is 1. The van der Waals surface area contributed by atoms with E-state index in [9.17, 15) is 19.2 Å². The molecule has 0 aromatic heterocycles. The highest BCUT2D eigenvalue weighted by atomic mass is 16.2. The monoisotopic (exact) mass is 411 g/mol. The van der Waals surface area contributed by atoms with Gasteiger partial charge in [-0.15, -0.1) is 0 Å². The normalized spacial score (nSPS) is 26.7. The number of amides is 5. The van der Waals surface area contributed by atoms with Crippen molar-refractivity contribution in [2.24, 2.45) is 17.8 Å². The van der Waals surface area contributed by atoms with Gasteiger partial charge in [-0.1, -0.05) is 24.1 Å². The van der Waals surface area contributed by atoms with Crippen molar-refractivity contribution < 1.29 is 19.2 Å². The van der Waals surface area contributed by atoms with Crippen LogP contribution in [0.15, 0.2) is 12.1 Å². The molecule has 5 amide bonds. The molecule has 160 valence electrons.